The monoisotopic (exact) mass is 344 g/mol. The van der Waals surface area contributed by atoms with Gasteiger partial charge in [-0.3, -0.25) is 0 Å². The van der Waals surface area contributed by atoms with Crippen LogP contribution in [0.25, 0.3) is 0 Å². The fraction of sp³-hybridized carbons (Fsp3) is 0.462. The summed E-state index contributed by atoms with van der Waals surface area (Å²) in [6.07, 6.45) is 10.2. The van der Waals surface area contributed by atoms with E-state index < -0.39 is 0 Å². The highest BCUT2D eigenvalue weighted by Gasteiger charge is 2.21. The SMILES string of the molecule is CCCCCc1ccc([C@H]2CC[C@H](C#Cc3ccc(C)cc3)CC2)cc1. The molecular formula is C26H32. The number of hydrogen-bond donors (Lipinski definition) is 0. The molecule has 1 aliphatic carbocycles. The third kappa shape index (κ3) is 5.50. The van der Waals surface area contributed by atoms with Gasteiger partial charge < -0.3 is 0 Å². The first-order valence-electron chi connectivity index (χ1n) is 10.4. The molecule has 0 bridgehead atoms. The Morgan fingerprint density at radius 3 is 2.19 bits per heavy atom. The highest BCUT2D eigenvalue weighted by molar-refractivity contribution is 5.36. The lowest BCUT2D eigenvalue weighted by Crippen LogP contribution is -2.12. The molecule has 0 spiro atoms. The predicted octanol–water partition coefficient (Wildman–Crippen LogP) is 7.05. The first-order chi connectivity index (χ1) is 12.7. The summed E-state index contributed by atoms with van der Waals surface area (Å²) in [7, 11) is 0. The van der Waals surface area contributed by atoms with Crippen LogP contribution in [0.4, 0.5) is 0 Å². The molecule has 0 saturated heterocycles. The smallest absolute Gasteiger partial charge is 0.0245 e. The summed E-state index contributed by atoms with van der Waals surface area (Å²) in [5, 5.41) is 0. The molecule has 3 rings (SSSR count). The summed E-state index contributed by atoms with van der Waals surface area (Å²) in [5.41, 5.74) is 5.48. The third-order valence-electron chi connectivity index (χ3n) is 5.72. The summed E-state index contributed by atoms with van der Waals surface area (Å²) < 4.78 is 0. The highest BCUT2D eigenvalue weighted by Crippen LogP contribution is 2.35. The van der Waals surface area contributed by atoms with Crippen molar-refractivity contribution in [3.05, 3.63) is 70.8 Å². The van der Waals surface area contributed by atoms with Gasteiger partial charge in [0.1, 0.15) is 0 Å². The Labute approximate surface area is 160 Å². The number of benzene rings is 2. The zero-order valence-electron chi connectivity index (χ0n) is 16.4. The molecule has 1 aliphatic rings. The molecule has 0 N–H and O–H groups in total. The number of rotatable bonds is 5. The van der Waals surface area contributed by atoms with Crippen molar-refractivity contribution in [3.63, 3.8) is 0 Å². The Kier molecular flexibility index (Phi) is 6.96. The first-order valence-corrected chi connectivity index (χ1v) is 10.4. The molecule has 0 amide bonds. The number of hydrogen-bond acceptors (Lipinski definition) is 0. The van der Waals surface area contributed by atoms with Gasteiger partial charge in [0.2, 0.25) is 0 Å². The fourth-order valence-electron chi connectivity index (χ4n) is 3.93. The van der Waals surface area contributed by atoms with Gasteiger partial charge in [-0.05, 0) is 74.6 Å². The van der Waals surface area contributed by atoms with Crippen LogP contribution in [0.3, 0.4) is 0 Å². The van der Waals surface area contributed by atoms with E-state index in [9.17, 15) is 0 Å². The van der Waals surface area contributed by atoms with Crippen molar-refractivity contribution < 1.29 is 0 Å². The zero-order valence-corrected chi connectivity index (χ0v) is 16.4. The van der Waals surface area contributed by atoms with Gasteiger partial charge in [0, 0.05) is 11.5 Å². The average molecular weight is 345 g/mol. The molecule has 136 valence electrons. The quantitative estimate of drug-likeness (QED) is 0.402. The second kappa shape index (κ2) is 9.63. The van der Waals surface area contributed by atoms with Crippen molar-refractivity contribution in [3.8, 4) is 11.8 Å². The molecule has 1 fully saturated rings. The molecule has 0 aliphatic heterocycles. The minimum Gasteiger partial charge on any atom is -0.0945 e. The van der Waals surface area contributed by atoms with Crippen LogP contribution in [0.1, 0.15) is 80.0 Å². The maximum absolute atomic E-state index is 3.52. The molecule has 1 saturated carbocycles. The van der Waals surface area contributed by atoms with Crippen molar-refractivity contribution in [1.82, 2.24) is 0 Å². The van der Waals surface area contributed by atoms with Gasteiger partial charge in [-0.1, -0.05) is 73.6 Å². The second-order valence-electron chi connectivity index (χ2n) is 7.88. The largest absolute Gasteiger partial charge is 0.0945 e. The van der Waals surface area contributed by atoms with Crippen molar-refractivity contribution in [2.75, 3.05) is 0 Å². The van der Waals surface area contributed by atoms with E-state index in [0.29, 0.717) is 5.92 Å². The van der Waals surface area contributed by atoms with E-state index in [1.807, 2.05) is 0 Å². The molecule has 2 aromatic rings. The average Bonchev–Trinajstić information content (AvgIpc) is 2.69. The van der Waals surface area contributed by atoms with Crippen molar-refractivity contribution in [2.24, 2.45) is 5.92 Å². The van der Waals surface area contributed by atoms with Crippen LogP contribution in [0, 0.1) is 24.7 Å². The van der Waals surface area contributed by atoms with Gasteiger partial charge in [-0.2, -0.15) is 0 Å². The molecule has 0 heteroatoms. The maximum atomic E-state index is 3.52. The summed E-state index contributed by atoms with van der Waals surface area (Å²) in [4.78, 5) is 0. The standard InChI is InChI=1S/C26H32/c1-3-4-5-6-22-13-17-25(18-14-22)26-19-15-24(16-20-26)12-11-23-9-7-21(2)8-10-23/h7-10,13-14,17-18,24,26H,3-6,15-16,19-20H2,1-2H3/t24-,26-. The molecule has 0 heterocycles. The molecule has 0 atom stereocenters. The molecule has 0 unspecified atom stereocenters. The van der Waals surface area contributed by atoms with Crippen molar-refractivity contribution in [1.29, 1.82) is 0 Å². The number of unbranched alkanes of at least 4 members (excludes halogenated alkanes) is 2. The zero-order chi connectivity index (χ0) is 18.2. The van der Waals surface area contributed by atoms with E-state index in [4.69, 9.17) is 0 Å². The summed E-state index contributed by atoms with van der Waals surface area (Å²) >= 11 is 0. The molecule has 0 aromatic heterocycles. The molecular weight excluding hydrogens is 312 g/mol. The predicted molar refractivity (Wildman–Crippen MR) is 112 cm³/mol. The second-order valence-corrected chi connectivity index (χ2v) is 7.88. The van der Waals surface area contributed by atoms with Crippen LogP contribution in [-0.2, 0) is 6.42 Å². The van der Waals surface area contributed by atoms with Gasteiger partial charge in [0.05, 0.1) is 0 Å². The van der Waals surface area contributed by atoms with Crippen LogP contribution >= 0.6 is 0 Å². The Bertz CT molecular complexity index is 716. The van der Waals surface area contributed by atoms with Gasteiger partial charge in [0.15, 0.2) is 0 Å². The van der Waals surface area contributed by atoms with E-state index in [-0.39, 0.29) is 0 Å². The Balaban J connectivity index is 1.50. The van der Waals surface area contributed by atoms with E-state index in [1.165, 1.54) is 68.1 Å². The Morgan fingerprint density at radius 2 is 1.54 bits per heavy atom. The topological polar surface area (TPSA) is 0 Å². The molecule has 0 nitrogen and oxygen atoms in total. The summed E-state index contributed by atoms with van der Waals surface area (Å²) in [5.74, 6) is 8.20. The lowest BCUT2D eigenvalue weighted by molar-refractivity contribution is 0.384. The minimum atomic E-state index is 0.570. The Morgan fingerprint density at radius 1 is 0.846 bits per heavy atom. The third-order valence-corrected chi connectivity index (χ3v) is 5.72. The molecule has 2 aromatic carbocycles. The highest BCUT2D eigenvalue weighted by atomic mass is 14.2. The van der Waals surface area contributed by atoms with E-state index in [1.54, 1.807) is 0 Å². The lowest BCUT2D eigenvalue weighted by atomic mass is 9.78. The summed E-state index contributed by atoms with van der Waals surface area (Å²) in [6.45, 7) is 4.39. The fourth-order valence-corrected chi connectivity index (χ4v) is 3.93. The summed E-state index contributed by atoms with van der Waals surface area (Å²) in [6, 6.07) is 18.0. The van der Waals surface area contributed by atoms with Gasteiger partial charge in [-0.15, -0.1) is 0 Å². The Hall–Kier alpha value is -2.00. The van der Waals surface area contributed by atoms with Crippen LogP contribution in [-0.4, -0.2) is 0 Å². The molecule has 26 heavy (non-hydrogen) atoms. The maximum Gasteiger partial charge on any atom is 0.0245 e. The van der Waals surface area contributed by atoms with Gasteiger partial charge in [-0.25, -0.2) is 0 Å². The van der Waals surface area contributed by atoms with Crippen LogP contribution in [0.5, 0.6) is 0 Å². The lowest BCUT2D eigenvalue weighted by Gasteiger charge is -2.26. The first kappa shape index (κ1) is 18.8. The van der Waals surface area contributed by atoms with Crippen LogP contribution in [0.15, 0.2) is 48.5 Å². The van der Waals surface area contributed by atoms with Crippen molar-refractivity contribution >= 4 is 0 Å². The van der Waals surface area contributed by atoms with E-state index >= 15 is 0 Å². The minimum absolute atomic E-state index is 0.570. The van der Waals surface area contributed by atoms with Gasteiger partial charge in [0.25, 0.3) is 0 Å². The molecule has 0 radical (unpaired) electrons. The van der Waals surface area contributed by atoms with Crippen LogP contribution in [0.2, 0.25) is 0 Å². The van der Waals surface area contributed by atoms with E-state index in [0.717, 1.165) is 11.5 Å². The van der Waals surface area contributed by atoms with Crippen molar-refractivity contribution in [2.45, 2.75) is 71.1 Å². The van der Waals surface area contributed by atoms with Gasteiger partial charge >= 0.3 is 0 Å². The number of aryl methyl sites for hydroxylation is 2. The van der Waals surface area contributed by atoms with Crippen LogP contribution < -0.4 is 0 Å². The normalized spacial score (nSPS) is 19.6. The van der Waals surface area contributed by atoms with E-state index in [2.05, 4.69) is 74.2 Å².